The maximum Gasteiger partial charge on any atom is 0.251 e. The maximum atomic E-state index is 12.1. The first kappa shape index (κ1) is 12.5. The monoisotopic (exact) mass is 269 g/mol. The molecule has 102 valence electrons. The summed E-state index contributed by atoms with van der Waals surface area (Å²) < 4.78 is 1.94. The largest absolute Gasteiger partial charge is 0.357 e. The second-order valence-corrected chi connectivity index (χ2v) is 4.96. The fraction of sp³-hybridized carbons (Fsp3) is 0.200. The standard InChI is InChI=1S/C15H15N3O2/c1-18-5-4-10(9-18)8-16-15(20)12-3-2-11-7-14(19)17-13(11)6-12/h2-6,9H,7-8H2,1H3,(H,16,20)(H,17,19). The zero-order valence-electron chi connectivity index (χ0n) is 11.1. The van der Waals surface area contributed by atoms with Gasteiger partial charge in [-0.25, -0.2) is 0 Å². The zero-order valence-corrected chi connectivity index (χ0v) is 11.1. The highest BCUT2D eigenvalue weighted by Gasteiger charge is 2.18. The predicted molar refractivity (Wildman–Crippen MR) is 75.4 cm³/mol. The molecule has 0 radical (unpaired) electrons. The van der Waals surface area contributed by atoms with E-state index in [9.17, 15) is 9.59 Å². The van der Waals surface area contributed by atoms with Gasteiger partial charge in [0.05, 0.1) is 6.42 Å². The molecule has 0 atom stereocenters. The number of nitrogens with one attached hydrogen (secondary N) is 2. The van der Waals surface area contributed by atoms with Gasteiger partial charge in [-0.2, -0.15) is 0 Å². The SMILES string of the molecule is Cn1ccc(CNC(=O)c2ccc3c(c2)NC(=O)C3)c1. The molecule has 2 heterocycles. The van der Waals surface area contributed by atoms with Crippen LogP contribution in [0.1, 0.15) is 21.5 Å². The Hall–Kier alpha value is -2.56. The first-order valence-electron chi connectivity index (χ1n) is 6.43. The molecular weight excluding hydrogens is 254 g/mol. The highest BCUT2D eigenvalue weighted by atomic mass is 16.2. The van der Waals surface area contributed by atoms with Crippen molar-refractivity contribution < 1.29 is 9.59 Å². The van der Waals surface area contributed by atoms with Crippen LogP contribution in [0, 0.1) is 0 Å². The minimum absolute atomic E-state index is 0.0261. The predicted octanol–water partition coefficient (Wildman–Crippen LogP) is 1.45. The number of carbonyl (C=O) groups excluding carboxylic acids is 2. The number of carbonyl (C=O) groups is 2. The van der Waals surface area contributed by atoms with Gasteiger partial charge in [-0.3, -0.25) is 9.59 Å². The molecule has 0 bridgehead atoms. The lowest BCUT2D eigenvalue weighted by molar-refractivity contribution is -0.115. The molecular formula is C15H15N3O2. The van der Waals surface area contributed by atoms with E-state index in [-0.39, 0.29) is 11.8 Å². The van der Waals surface area contributed by atoms with Crippen LogP contribution in [0.25, 0.3) is 0 Å². The molecule has 5 heteroatoms. The van der Waals surface area contributed by atoms with Crippen molar-refractivity contribution in [2.24, 2.45) is 7.05 Å². The summed E-state index contributed by atoms with van der Waals surface area (Å²) in [6.07, 6.45) is 4.29. The van der Waals surface area contributed by atoms with Crippen LogP contribution in [-0.4, -0.2) is 16.4 Å². The molecule has 0 fully saturated rings. The van der Waals surface area contributed by atoms with Crippen LogP contribution >= 0.6 is 0 Å². The molecule has 1 aliphatic rings. The van der Waals surface area contributed by atoms with Crippen LogP contribution in [0.5, 0.6) is 0 Å². The van der Waals surface area contributed by atoms with Gasteiger partial charge in [0.1, 0.15) is 0 Å². The number of hydrogen-bond acceptors (Lipinski definition) is 2. The van der Waals surface area contributed by atoms with E-state index in [0.29, 0.717) is 18.5 Å². The summed E-state index contributed by atoms with van der Waals surface area (Å²) in [5.74, 6) is -0.167. The average molecular weight is 269 g/mol. The minimum Gasteiger partial charge on any atom is -0.357 e. The van der Waals surface area contributed by atoms with Crippen molar-refractivity contribution >= 4 is 17.5 Å². The normalized spacial score (nSPS) is 12.9. The van der Waals surface area contributed by atoms with Crippen molar-refractivity contribution in [3.8, 4) is 0 Å². The van der Waals surface area contributed by atoms with Crippen molar-refractivity contribution in [1.82, 2.24) is 9.88 Å². The number of amides is 2. The second kappa shape index (κ2) is 4.85. The van der Waals surface area contributed by atoms with Gasteiger partial charge >= 0.3 is 0 Å². The fourth-order valence-corrected chi connectivity index (χ4v) is 2.31. The summed E-state index contributed by atoms with van der Waals surface area (Å²) in [7, 11) is 1.94. The average Bonchev–Trinajstić information content (AvgIpc) is 2.99. The Morgan fingerprint density at radius 1 is 1.40 bits per heavy atom. The van der Waals surface area contributed by atoms with E-state index in [1.807, 2.05) is 36.1 Å². The van der Waals surface area contributed by atoms with Crippen LogP contribution in [0.4, 0.5) is 5.69 Å². The van der Waals surface area contributed by atoms with Gasteiger partial charge in [0, 0.05) is 37.2 Å². The number of benzene rings is 1. The van der Waals surface area contributed by atoms with Crippen molar-refractivity contribution in [1.29, 1.82) is 0 Å². The number of hydrogen-bond donors (Lipinski definition) is 2. The maximum absolute atomic E-state index is 12.1. The highest BCUT2D eigenvalue weighted by molar-refractivity contribution is 6.02. The molecule has 2 N–H and O–H groups in total. The first-order chi connectivity index (χ1) is 9.61. The van der Waals surface area contributed by atoms with E-state index in [1.54, 1.807) is 12.1 Å². The number of anilines is 1. The Bertz CT molecular complexity index is 688. The summed E-state index contributed by atoms with van der Waals surface area (Å²) in [5.41, 5.74) is 3.29. The van der Waals surface area contributed by atoms with Gasteiger partial charge < -0.3 is 15.2 Å². The zero-order chi connectivity index (χ0) is 14.1. The van der Waals surface area contributed by atoms with E-state index in [2.05, 4.69) is 10.6 Å². The number of nitrogens with zero attached hydrogens (tertiary/aromatic N) is 1. The van der Waals surface area contributed by atoms with Gasteiger partial charge in [0.25, 0.3) is 5.91 Å². The van der Waals surface area contributed by atoms with Crippen LogP contribution in [0.2, 0.25) is 0 Å². The molecule has 0 aliphatic carbocycles. The van der Waals surface area contributed by atoms with Gasteiger partial charge in [0.2, 0.25) is 5.91 Å². The molecule has 0 unspecified atom stereocenters. The van der Waals surface area contributed by atoms with Crippen molar-refractivity contribution in [3.05, 3.63) is 53.3 Å². The van der Waals surface area contributed by atoms with E-state index < -0.39 is 0 Å². The quantitative estimate of drug-likeness (QED) is 0.886. The van der Waals surface area contributed by atoms with Gasteiger partial charge in [-0.05, 0) is 29.3 Å². The number of rotatable bonds is 3. The van der Waals surface area contributed by atoms with E-state index >= 15 is 0 Å². The third-order valence-electron chi connectivity index (χ3n) is 3.34. The molecule has 1 aliphatic heterocycles. The summed E-state index contributed by atoms with van der Waals surface area (Å²) in [6.45, 7) is 0.489. The van der Waals surface area contributed by atoms with Crippen LogP contribution in [0.3, 0.4) is 0 Å². The minimum atomic E-state index is -0.141. The van der Waals surface area contributed by atoms with Crippen LogP contribution in [-0.2, 0) is 24.8 Å². The van der Waals surface area contributed by atoms with Gasteiger partial charge in [-0.15, -0.1) is 0 Å². The Morgan fingerprint density at radius 2 is 2.25 bits per heavy atom. The topological polar surface area (TPSA) is 63.1 Å². The lowest BCUT2D eigenvalue weighted by Crippen LogP contribution is -2.22. The first-order valence-corrected chi connectivity index (χ1v) is 6.43. The lowest BCUT2D eigenvalue weighted by Gasteiger charge is -2.06. The third kappa shape index (κ3) is 2.42. The van der Waals surface area contributed by atoms with Crippen LogP contribution in [0.15, 0.2) is 36.7 Å². The molecule has 20 heavy (non-hydrogen) atoms. The Morgan fingerprint density at radius 3 is 3.00 bits per heavy atom. The number of aromatic nitrogens is 1. The smallest absolute Gasteiger partial charge is 0.251 e. The third-order valence-corrected chi connectivity index (χ3v) is 3.34. The molecule has 1 aromatic heterocycles. The Kier molecular flexibility index (Phi) is 3.02. The summed E-state index contributed by atoms with van der Waals surface area (Å²) in [5, 5.41) is 5.61. The molecule has 1 aromatic carbocycles. The van der Waals surface area contributed by atoms with Gasteiger partial charge in [0.15, 0.2) is 0 Å². The number of aryl methyl sites for hydroxylation is 1. The molecule has 3 rings (SSSR count). The lowest BCUT2D eigenvalue weighted by atomic mass is 10.1. The fourth-order valence-electron chi connectivity index (χ4n) is 2.31. The molecule has 0 saturated carbocycles. The molecule has 2 amide bonds. The Balaban J connectivity index is 1.69. The second-order valence-electron chi connectivity index (χ2n) is 4.96. The Labute approximate surface area is 116 Å². The van der Waals surface area contributed by atoms with E-state index in [1.165, 1.54) is 0 Å². The molecule has 5 nitrogen and oxygen atoms in total. The molecule has 0 spiro atoms. The molecule has 2 aromatic rings. The summed E-state index contributed by atoms with van der Waals surface area (Å²) in [4.78, 5) is 23.4. The van der Waals surface area contributed by atoms with Crippen molar-refractivity contribution in [2.75, 3.05) is 5.32 Å². The number of fused-ring (bicyclic) bond motifs is 1. The molecule has 0 saturated heterocycles. The van der Waals surface area contributed by atoms with Crippen molar-refractivity contribution in [3.63, 3.8) is 0 Å². The van der Waals surface area contributed by atoms with Crippen LogP contribution < -0.4 is 10.6 Å². The van der Waals surface area contributed by atoms with E-state index in [0.717, 1.165) is 16.8 Å². The van der Waals surface area contributed by atoms with Gasteiger partial charge in [-0.1, -0.05) is 6.07 Å². The van der Waals surface area contributed by atoms with Crippen molar-refractivity contribution in [2.45, 2.75) is 13.0 Å². The summed E-state index contributed by atoms with van der Waals surface area (Å²) >= 11 is 0. The highest BCUT2D eigenvalue weighted by Crippen LogP contribution is 2.23. The van der Waals surface area contributed by atoms with E-state index in [4.69, 9.17) is 0 Å². The summed E-state index contributed by atoms with van der Waals surface area (Å²) in [6, 6.07) is 7.26.